The maximum atomic E-state index is 12.9. The Balaban J connectivity index is 1.93. The quantitative estimate of drug-likeness (QED) is 0.720. The van der Waals surface area contributed by atoms with Gasteiger partial charge in [-0.1, -0.05) is 26.0 Å². The van der Waals surface area contributed by atoms with Crippen LogP contribution in [0.4, 0.5) is 9.18 Å². The van der Waals surface area contributed by atoms with E-state index in [1.54, 1.807) is 12.1 Å². The molecule has 3 unspecified atom stereocenters. The fourth-order valence-corrected chi connectivity index (χ4v) is 3.29. The molecule has 1 fully saturated rings. The van der Waals surface area contributed by atoms with E-state index in [1.165, 1.54) is 12.1 Å². The zero-order valence-corrected chi connectivity index (χ0v) is 15.7. The second-order valence-electron chi connectivity index (χ2n) is 7.35. The lowest BCUT2D eigenvalue weighted by Crippen LogP contribution is -2.54. The fraction of sp³-hybridized carbons (Fsp3) is 0.579. The molecule has 0 aromatic heterocycles. The van der Waals surface area contributed by atoms with Gasteiger partial charge in [0, 0.05) is 19.1 Å². The van der Waals surface area contributed by atoms with Gasteiger partial charge in [-0.3, -0.25) is 4.79 Å². The molecule has 6 nitrogen and oxygen atoms in total. The van der Waals surface area contributed by atoms with Gasteiger partial charge in [0.2, 0.25) is 5.91 Å². The van der Waals surface area contributed by atoms with Crippen LogP contribution in [0.5, 0.6) is 0 Å². The highest BCUT2D eigenvalue weighted by atomic mass is 19.1. The van der Waals surface area contributed by atoms with Gasteiger partial charge in [-0.15, -0.1) is 0 Å². The molecular formula is C19H29FN4O2. The number of urea groups is 1. The van der Waals surface area contributed by atoms with E-state index in [2.05, 4.69) is 10.6 Å². The van der Waals surface area contributed by atoms with E-state index in [-0.39, 0.29) is 30.2 Å². The van der Waals surface area contributed by atoms with Crippen molar-refractivity contribution >= 4 is 11.9 Å². The molecule has 1 aromatic carbocycles. The van der Waals surface area contributed by atoms with Crippen LogP contribution >= 0.6 is 0 Å². The minimum atomic E-state index is -0.595. The molecule has 26 heavy (non-hydrogen) atoms. The molecule has 3 amide bonds. The summed E-state index contributed by atoms with van der Waals surface area (Å²) < 4.78 is 12.9. The first-order valence-corrected chi connectivity index (χ1v) is 9.11. The smallest absolute Gasteiger partial charge is 0.315 e. The van der Waals surface area contributed by atoms with Crippen molar-refractivity contribution in [1.29, 1.82) is 0 Å². The van der Waals surface area contributed by atoms with Crippen LogP contribution in [0.3, 0.4) is 0 Å². The number of hydrogen-bond acceptors (Lipinski definition) is 3. The maximum Gasteiger partial charge on any atom is 0.315 e. The second-order valence-corrected chi connectivity index (χ2v) is 7.35. The molecule has 7 heteroatoms. The molecular weight excluding hydrogens is 335 g/mol. The summed E-state index contributed by atoms with van der Waals surface area (Å²) in [6.07, 6.45) is 0.893. The Morgan fingerprint density at radius 1 is 1.31 bits per heavy atom. The van der Waals surface area contributed by atoms with Crippen molar-refractivity contribution in [2.24, 2.45) is 17.6 Å². The summed E-state index contributed by atoms with van der Waals surface area (Å²) in [5, 5.41) is 5.50. The lowest BCUT2D eigenvalue weighted by atomic mass is 10.0. The van der Waals surface area contributed by atoms with Gasteiger partial charge in [-0.2, -0.15) is 0 Å². The van der Waals surface area contributed by atoms with Gasteiger partial charge in [0.05, 0.1) is 0 Å². The van der Waals surface area contributed by atoms with E-state index in [1.807, 2.05) is 25.7 Å². The van der Waals surface area contributed by atoms with Crippen LogP contribution in [0.2, 0.25) is 0 Å². The number of nitrogens with two attached hydrogens (primary N) is 1. The number of carbonyl (C=O) groups is 2. The number of rotatable bonds is 6. The van der Waals surface area contributed by atoms with Gasteiger partial charge in [0.25, 0.3) is 0 Å². The number of nitrogens with zero attached hydrogens (tertiary/aromatic N) is 1. The summed E-state index contributed by atoms with van der Waals surface area (Å²) in [5.74, 6) is -0.114. The van der Waals surface area contributed by atoms with Crippen LogP contribution in [0.1, 0.15) is 32.8 Å². The molecule has 3 atom stereocenters. The third-order valence-corrected chi connectivity index (χ3v) is 4.86. The van der Waals surface area contributed by atoms with Gasteiger partial charge in [0.1, 0.15) is 11.9 Å². The lowest BCUT2D eigenvalue weighted by molar-refractivity contribution is -0.134. The van der Waals surface area contributed by atoms with Crippen LogP contribution in [0.25, 0.3) is 0 Å². The first-order valence-electron chi connectivity index (χ1n) is 9.11. The number of benzene rings is 1. The highest BCUT2D eigenvalue weighted by Gasteiger charge is 2.36. The van der Waals surface area contributed by atoms with E-state index < -0.39 is 12.1 Å². The minimum absolute atomic E-state index is 0.0387. The fourth-order valence-electron chi connectivity index (χ4n) is 3.29. The highest BCUT2D eigenvalue weighted by Crippen LogP contribution is 2.24. The van der Waals surface area contributed by atoms with E-state index in [9.17, 15) is 14.0 Å². The Morgan fingerprint density at radius 3 is 2.50 bits per heavy atom. The molecule has 1 aliphatic rings. The summed E-state index contributed by atoms with van der Waals surface area (Å²) in [7, 11) is 0. The predicted octanol–water partition coefficient (Wildman–Crippen LogP) is 1.85. The number of likely N-dealkylation sites (tertiary alicyclic amines) is 1. The van der Waals surface area contributed by atoms with Gasteiger partial charge in [-0.25, -0.2) is 9.18 Å². The number of amides is 3. The highest BCUT2D eigenvalue weighted by molar-refractivity contribution is 5.87. The number of carbonyl (C=O) groups excluding carboxylic acids is 2. The summed E-state index contributed by atoms with van der Waals surface area (Å²) in [6, 6.07) is 5.03. The van der Waals surface area contributed by atoms with E-state index in [0.29, 0.717) is 19.0 Å². The van der Waals surface area contributed by atoms with Crippen molar-refractivity contribution in [2.75, 3.05) is 13.1 Å². The van der Waals surface area contributed by atoms with Crippen LogP contribution in [0.15, 0.2) is 24.3 Å². The van der Waals surface area contributed by atoms with E-state index in [4.69, 9.17) is 5.73 Å². The van der Waals surface area contributed by atoms with Crippen molar-refractivity contribution in [2.45, 2.75) is 45.8 Å². The molecule has 4 N–H and O–H groups in total. The van der Waals surface area contributed by atoms with Crippen LogP contribution in [0, 0.1) is 17.7 Å². The minimum Gasteiger partial charge on any atom is -0.338 e. The molecule has 1 aromatic rings. The molecule has 0 aliphatic carbocycles. The summed E-state index contributed by atoms with van der Waals surface area (Å²) >= 11 is 0. The Labute approximate surface area is 154 Å². The number of nitrogens with one attached hydrogen (secondary N) is 2. The van der Waals surface area contributed by atoms with Gasteiger partial charge < -0.3 is 21.3 Å². The number of halogens is 1. The van der Waals surface area contributed by atoms with Gasteiger partial charge in [0.15, 0.2) is 0 Å². The Morgan fingerprint density at radius 2 is 1.96 bits per heavy atom. The largest absolute Gasteiger partial charge is 0.338 e. The Bertz CT molecular complexity index is 620. The topological polar surface area (TPSA) is 87.5 Å². The molecule has 2 rings (SSSR count). The standard InChI is InChI=1S/C19H29FN4O2/c1-12(2)17(18(25)24-11-15(9-21)8-13(24)3)23-19(26)22-10-14-4-6-16(20)7-5-14/h4-7,12-13,15,17H,8-11,21H2,1-3H3,(H2,22,23,26). The summed E-state index contributed by atoms with van der Waals surface area (Å²) in [6.45, 7) is 7.29. The average Bonchev–Trinajstić information content (AvgIpc) is 2.99. The van der Waals surface area contributed by atoms with E-state index >= 15 is 0 Å². The van der Waals surface area contributed by atoms with Gasteiger partial charge in [-0.05, 0) is 49.4 Å². The van der Waals surface area contributed by atoms with Crippen molar-refractivity contribution in [3.05, 3.63) is 35.6 Å². The normalized spacial score (nSPS) is 20.9. The monoisotopic (exact) mass is 364 g/mol. The van der Waals surface area contributed by atoms with Crippen molar-refractivity contribution in [3.63, 3.8) is 0 Å². The third-order valence-electron chi connectivity index (χ3n) is 4.86. The van der Waals surface area contributed by atoms with Crippen LogP contribution < -0.4 is 16.4 Å². The first kappa shape index (κ1) is 20.2. The first-order chi connectivity index (χ1) is 12.3. The van der Waals surface area contributed by atoms with Crippen molar-refractivity contribution < 1.29 is 14.0 Å². The van der Waals surface area contributed by atoms with Crippen molar-refractivity contribution in [3.8, 4) is 0 Å². The molecule has 1 aliphatic heterocycles. The molecule has 0 bridgehead atoms. The lowest BCUT2D eigenvalue weighted by Gasteiger charge is -2.29. The zero-order valence-electron chi connectivity index (χ0n) is 15.7. The van der Waals surface area contributed by atoms with Gasteiger partial charge >= 0.3 is 6.03 Å². The van der Waals surface area contributed by atoms with Crippen LogP contribution in [-0.4, -0.2) is 42.0 Å². The SMILES string of the molecule is CC(C)C(NC(=O)NCc1ccc(F)cc1)C(=O)N1CC(CN)CC1C. The average molecular weight is 364 g/mol. The Hall–Kier alpha value is -2.15. The zero-order chi connectivity index (χ0) is 19.3. The Kier molecular flexibility index (Phi) is 6.97. The van der Waals surface area contributed by atoms with Crippen molar-refractivity contribution in [1.82, 2.24) is 15.5 Å². The molecule has 0 saturated carbocycles. The summed E-state index contributed by atoms with van der Waals surface area (Å²) in [4.78, 5) is 27.0. The maximum absolute atomic E-state index is 12.9. The summed E-state index contributed by atoms with van der Waals surface area (Å²) in [5.41, 5.74) is 6.52. The van der Waals surface area contributed by atoms with E-state index in [0.717, 1.165) is 12.0 Å². The molecule has 1 saturated heterocycles. The molecule has 0 radical (unpaired) electrons. The third kappa shape index (κ3) is 5.17. The molecule has 0 spiro atoms. The second kappa shape index (κ2) is 8.98. The predicted molar refractivity (Wildman–Crippen MR) is 98.7 cm³/mol. The molecule has 1 heterocycles. The molecule has 144 valence electrons. The van der Waals surface area contributed by atoms with Crippen LogP contribution in [-0.2, 0) is 11.3 Å². The number of hydrogen-bond donors (Lipinski definition) is 3.